The Morgan fingerprint density at radius 2 is 1.67 bits per heavy atom. The number of methoxy groups -OCH3 is 1. The molecular weight excluding hydrogens is 793 g/mol. The van der Waals surface area contributed by atoms with Crippen molar-refractivity contribution in [3.63, 3.8) is 0 Å². The van der Waals surface area contributed by atoms with Crippen LogP contribution in [0, 0.1) is 5.41 Å². The zero-order valence-electron chi connectivity index (χ0n) is 32.3. The fourth-order valence-electron chi connectivity index (χ4n) is 8.73. The molecule has 1 aromatic carbocycles. The summed E-state index contributed by atoms with van der Waals surface area (Å²) in [5.41, 5.74) is -4.93. The van der Waals surface area contributed by atoms with E-state index < -0.39 is 68.9 Å². The van der Waals surface area contributed by atoms with Crippen molar-refractivity contribution in [1.82, 2.24) is 14.8 Å². The van der Waals surface area contributed by atoms with Crippen molar-refractivity contribution in [2.45, 2.75) is 107 Å². The maximum atomic E-state index is 15.1. The largest absolute Gasteiger partial charge is 0.493 e. The predicted molar refractivity (Wildman–Crippen MR) is 200 cm³/mol. The SMILES string of the molecule is CCC[C@H]1N(C(=O)c2ncccc2C(F)(F)F)CCC[C@@]1(Oc1csc(C(F)(F)F)c1)C(=O)N1CCC(OC)(c2ccccc2OCCCC2(C(=O)O)CCC2)CC1. The minimum atomic E-state index is -4.91. The van der Waals surface area contributed by atoms with E-state index in [0.29, 0.717) is 49.2 Å². The summed E-state index contributed by atoms with van der Waals surface area (Å²) in [4.78, 5) is 46.6. The fraction of sp³-hybridized carbons (Fsp3) is 0.561. The normalized spacial score (nSPS) is 21.9. The van der Waals surface area contributed by atoms with Crippen LogP contribution in [-0.4, -0.2) is 82.7 Å². The van der Waals surface area contributed by atoms with Crippen molar-refractivity contribution in [1.29, 1.82) is 0 Å². The Kier molecular flexibility index (Phi) is 12.7. The first-order valence-electron chi connectivity index (χ1n) is 19.5. The van der Waals surface area contributed by atoms with E-state index >= 15 is 4.79 Å². The number of amides is 2. The molecule has 58 heavy (non-hydrogen) atoms. The maximum absolute atomic E-state index is 15.1. The number of carbonyl (C=O) groups is 3. The number of likely N-dealkylation sites (tertiary alicyclic amines) is 2. The summed E-state index contributed by atoms with van der Waals surface area (Å²) < 4.78 is 102. The smallest absolute Gasteiger partial charge is 0.425 e. The quantitative estimate of drug-likeness (QED) is 0.126. The van der Waals surface area contributed by atoms with E-state index in [1.807, 2.05) is 18.2 Å². The third-order valence-corrected chi connectivity index (χ3v) is 12.9. The minimum Gasteiger partial charge on any atom is -0.493 e. The molecule has 6 rings (SSSR count). The Morgan fingerprint density at radius 3 is 2.28 bits per heavy atom. The Bertz CT molecular complexity index is 1940. The van der Waals surface area contributed by atoms with Crippen LogP contribution in [0.4, 0.5) is 26.3 Å². The first-order valence-corrected chi connectivity index (χ1v) is 20.4. The van der Waals surface area contributed by atoms with Gasteiger partial charge < -0.3 is 29.1 Å². The zero-order valence-corrected chi connectivity index (χ0v) is 33.1. The molecule has 2 amide bonds. The van der Waals surface area contributed by atoms with Crippen molar-refractivity contribution in [3.8, 4) is 11.5 Å². The van der Waals surface area contributed by atoms with Gasteiger partial charge in [0.2, 0.25) is 5.60 Å². The number of para-hydroxylation sites is 1. The van der Waals surface area contributed by atoms with E-state index in [0.717, 1.165) is 41.8 Å². The van der Waals surface area contributed by atoms with Crippen LogP contribution in [0.5, 0.6) is 11.5 Å². The van der Waals surface area contributed by atoms with E-state index in [4.69, 9.17) is 14.2 Å². The van der Waals surface area contributed by atoms with Gasteiger partial charge in [0.1, 0.15) is 22.1 Å². The molecule has 10 nitrogen and oxygen atoms in total. The predicted octanol–water partition coefficient (Wildman–Crippen LogP) is 8.98. The van der Waals surface area contributed by atoms with Crippen molar-refractivity contribution >= 4 is 29.1 Å². The number of carboxylic acid groups (broad SMARTS) is 1. The molecule has 3 aromatic rings. The van der Waals surface area contributed by atoms with Gasteiger partial charge in [-0.05, 0) is 69.6 Å². The number of carboxylic acids is 1. The highest BCUT2D eigenvalue weighted by atomic mass is 32.1. The molecule has 0 unspecified atom stereocenters. The van der Waals surface area contributed by atoms with Crippen LogP contribution in [0.2, 0.25) is 0 Å². The standard InChI is InChI=1S/C41H47F6N3O7S/c1-3-10-31-39(57-27-25-32(58-26-27)41(45,46)47,17-8-21-50(31)34(51)33-29(40(42,43)44)12-6-20-48-33)35(52)49-22-18-38(55-2,19-23-49)28-11-4-5-13-30(28)56-24-9-16-37(36(53)54)14-7-15-37/h4-6,11-13,20,25-26,31H,3,7-10,14-19,21-24H2,1-2H3,(H,53,54)/t31-,39+/m1/s1. The number of benzene rings is 1. The van der Waals surface area contributed by atoms with Gasteiger partial charge in [0.05, 0.1) is 29.2 Å². The van der Waals surface area contributed by atoms with Crippen LogP contribution < -0.4 is 9.47 Å². The number of hydrogen-bond acceptors (Lipinski definition) is 8. The van der Waals surface area contributed by atoms with Gasteiger partial charge in [0.15, 0.2) is 0 Å². The van der Waals surface area contributed by atoms with Crippen molar-refractivity contribution in [2.24, 2.45) is 5.41 Å². The number of pyridine rings is 1. The van der Waals surface area contributed by atoms with Gasteiger partial charge in [0, 0.05) is 56.4 Å². The molecule has 2 saturated heterocycles. The number of carbonyl (C=O) groups excluding carboxylic acids is 2. The van der Waals surface area contributed by atoms with E-state index in [9.17, 15) is 41.0 Å². The summed E-state index contributed by atoms with van der Waals surface area (Å²) in [7, 11) is 1.55. The number of aliphatic carboxylic acids is 1. The van der Waals surface area contributed by atoms with E-state index in [1.54, 1.807) is 20.1 Å². The Hall–Kier alpha value is -4.38. The monoisotopic (exact) mass is 839 g/mol. The maximum Gasteiger partial charge on any atom is 0.425 e. The highest BCUT2D eigenvalue weighted by Crippen LogP contribution is 2.47. The van der Waals surface area contributed by atoms with E-state index in [-0.39, 0.29) is 64.1 Å². The molecule has 1 N–H and O–H groups in total. The molecule has 0 spiro atoms. The number of thiophene rings is 1. The molecule has 2 atom stereocenters. The van der Waals surface area contributed by atoms with Crippen molar-refractivity contribution in [2.75, 3.05) is 33.4 Å². The first-order chi connectivity index (χ1) is 27.5. The number of ether oxygens (including phenoxy) is 3. The van der Waals surface area contributed by atoms with Crippen LogP contribution in [0.3, 0.4) is 0 Å². The first kappa shape index (κ1) is 43.2. The number of aromatic nitrogens is 1. The topological polar surface area (TPSA) is 119 Å². The molecule has 3 fully saturated rings. The molecule has 316 valence electrons. The van der Waals surface area contributed by atoms with Gasteiger partial charge in [0.25, 0.3) is 11.8 Å². The van der Waals surface area contributed by atoms with Crippen LogP contribution in [-0.2, 0) is 32.3 Å². The number of nitrogens with zero attached hydrogens (tertiary/aromatic N) is 3. The number of hydrogen-bond donors (Lipinski definition) is 1. The lowest BCUT2D eigenvalue weighted by atomic mass is 9.66. The van der Waals surface area contributed by atoms with Gasteiger partial charge in [-0.1, -0.05) is 38.0 Å². The molecule has 17 heteroatoms. The van der Waals surface area contributed by atoms with Gasteiger partial charge in [-0.3, -0.25) is 19.4 Å². The lowest BCUT2D eigenvalue weighted by molar-refractivity contribution is -0.164. The van der Waals surface area contributed by atoms with Crippen LogP contribution in [0.1, 0.15) is 104 Å². The minimum absolute atomic E-state index is 0.0163. The third kappa shape index (κ3) is 8.52. The molecular formula is C41H47F6N3O7S. The summed E-state index contributed by atoms with van der Waals surface area (Å²) in [5, 5.41) is 10.9. The summed E-state index contributed by atoms with van der Waals surface area (Å²) >= 11 is 0.384. The van der Waals surface area contributed by atoms with Crippen molar-refractivity contribution in [3.05, 3.63) is 75.7 Å². The van der Waals surface area contributed by atoms with Gasteiger partial charge >= 0.3 is 18.3 Å². The highest BCUT2D eigenvalue weighted by molar-refractivity contribution is 7.10. The molecule has 1 aliphatic carbocycles. The Balaban J connectivity index is 1.28. The fourth-order valence-corrected chi connectivity index (χ4v) is 9.41. The summed E-state index contributed by atoms with van der Waals surface area (Å²) in [6.07, 6.45) is -4.23. The lowest BCUT2D eigenvalue weighted by Crippen LogP contribution is -2.68. The van der Waals surface area contributed by atoms with E-state index in [2.05, 4.69) is 4.98 Å². The van der Waals surface area contributed by atoms with E-state index in [1.165, 1.54) is 9.80 Å². The second-order valence-electron chi connectivity index (χ2n) is 15.3. The number of alkyl halides is 6. The van der Waals surface area contributed by atoms with Gasteiger partial charge in [-0.2, -0.15) is 26.3 Å². The molecule has 4 heterocycles. The molecule has 1 saturated carbocycles. The molecule has 2 aromatic heterocycles. The second-order valence-corrected chi connectivity index (χ2v) is 16.2. The summed E-state index contributed by atoms with van der Waals surface area (Å²) in [5.74, 6) is -2.14. The van der Waals surface area contributed by atoms with Crippen LogP contribution >= 0.6 is 11.3 Å². The number of rotatable bonds is 14. The van der Waals surface area contributed by atoms with Crippen LogP contribution in [0.25, 0.3) is 0 Å². The number of halogens is 6. The second kappa shape index (κ2) is 17.1. The summed E-state index contributed by atoms with van der Waals surface area (Å²) in [6.45, 7) is 2.23. The molecule has 0 radical (unpaired) electrons. The Labute approximate surface area is 336 Å². The lowest BCUT2D eigenvalue weighted by Gasteiger charge is -2.51. The average Bonchev–Trinajstić information content (AvgIpc) is 3.66. The molecule has 3 aliphatic rings. The average molecular weight is 840 g/mol. The van der Waals surface area contributed by atoms with Crippen molar-refractivity contribution < 1.29 is 60.0 Å². The van der Waals surface area contributed by atoms with Gasteiger partial charge in [-0.15, -0.1) is 11.3 Å². The summed E-state index contributed by atoms with van der Waals surface area (Å²) in [6, 6.07) is 8.77. The third-order valence-electron chi connectivity index (χ3n) is 12.0. The highest BCUT2D eigenvalue weighted by Gasteiger charge is 2.57. The number of piperidine rings is 2. The molecule has 2 aliphatic heterocycles. The van der Waals surface area contributed by atoms with Crippen LogP contribution in [0.15, 0.2) is 54.0 Å². The van der Waals surface area contributed by atoms with Gasteiger partial charge in [-0.25, -0.2) is 0 Å². The Morgan fingerprint density at radius 1 is 0.948 bits per heavy atom. The zero-order chi connectivity index (χ0) is 41.9. The molecule has 0 bridgehead atoms.